The minimum atomic E-state index is -4.55. The molecule has 1 aliphatic rings. The monoisotopic (exact) mass is 398 g/mol. The number of alkyl halides is 3. The minimum absolute atomic E-state index is 0.0345. The van der Waals surface area contributed by atoms with Gasteiger partial charge in [-0.1, -0.05) is 11.6 Å². The highest BCUT2D eigenvalue weighted by molar-refractivity contribution is 6.31. The third-order valence-electron chi connectivity index (χ3n) is 4.37. The zero-order valence-corrected chi connectivity index (χ0v) is 15.3. The van der Waals surface area contributed by atoms with Gasteiger partial charge in [-0.25, -0.2) is 0 Å². The zero-order valence-electron chi connectivity index (χ0n) is 14.6. The molecule has 1 aromatic heterocycles. The van der Waals surface area contributed by atoms with Crippen LogP contribution in [0.5, 0.6) is 0 Å². The van der Waals surface area contributed by atoms with E-state index in [4.69, 9.17) is 11.6 Å². The van der Waals surface area contributed by atoms with E-state index in [9.17, 15) is 18.0 Å². The lowest BCUT2D eigenvalue weighted by Crippen LogP contribution is -2.44. The first-order chi connectivity index (χ1) is 12.7. The molecule has 27 heavy (non-hydrogen) atoms. The molecule has 1 amide bonds. The molecule has 0 aliphatic carbocycles. The first kappa shape index (κ1) is 19.4. The Morgan fingerprint density at radius 1 is 1.15 bits per heavy atom. The van der Waals surface area contributed by atoms with Crippen molar-refractivity contribution in [3.8, 4) is 0 Å². The Morgan fingerprint density at radius 3 is 2.44 bits per heavy atom. The number of carbonyl (C=O) groups excluding carboxylic acids is 1. The van der Waals surface area contributed by atoms with Crippen molar-refractivity contribution in [1.29, 1.82) is 0 Å². The highest BCUT2D eigenvalue weighted by Crippen LogP contribution is 2.31. The maximum Gasteiger partial charge on any atom is 0.433 e. The number of halogens is 4. The molecule has 1 saturated heterocycles. The number of likely N-dealkylation sites (N-methyl/N-ethyl adjacent to an activating group) is 1. The zero-order chi connectivity index (χ0) is 19.6. The number of aromatic nitrogens is 1. The number of nitrogens with zero attached hydrogens (tertiary/aromatic N) is 3. The van der Waals surface area contributed by atoms with Crippen LogP contribution >= 0.6 is 11.6 Å². The summed E-state index contributed by atoms with van der Waals surface area (Å²) in [6.45, 7) is 3.36. The van der Waals surface area contributed by atoms with Gasteiger partial charge in [0.2, 0.25) is 0 Å². The molecule has 5 nitrogen and oxygen atoms in total. The fourth-order valence-corrected chi connectivity index (χ4v) is 2.99. The van der Waals surface area contributed by atoms with Crippen LogP contribution in [-0.2, 0) is 6.18 Å². The van der Waals surface area contributed by atoms with Crippen molar-refractivity contribution in [3.63, 3.8) is 0 Å². The van der Waals surface area contributed by atoms with Crippen LogP contribution < -0.4 is 10.2 Å². The number of pyridine rings is 1. The van der Waals surface area contributed by atoms with Crippen molar-refractivity contribution in [2.75, 3.05) is 43.4 Å². The fraction of sp³-hybridized carbons (Fsp3) is 0.333. The Kier molecular flexibility index (Phi) is 5.57. The second kappa shape index (κ2) is 7.74. The molecule has 0 atom stereocenters. The molecule has 0 bridgehead atoms. The Morgan fingerprint density at radius 2 is 1.85 bits per heavy atom. The molecule has 9 heteroatoms. The van der Waals surface area contributed by atoms with Crippen LogP contribution in [0.25, 0.3) is 0 Å². The highest BCUT2D eigenvalue weighted by Gasteiger charge is 2.32. The second-order valence-corrected chi connectivity index (χ2v) is 6.77. The molecule has 0 unspecified atom stereocenters. The number of anilines is 2. The van der Waals surface area contributed by atoms with Crippen LogP contribution in [0.2, 0.25) is 5.02 Å². The largest absolute Gasteiger partial charge is 0.433 e. The third kappa shape index (κ3) is 4.70. The van der Waals surface area contributed by atoms with Crippen molar-refractivity contribution < 1.29 is 18.0 Å². The molecule has 1 aromatic carbocycles. The lowest BCUT2D eigenvalue weighted by molar-refractivity contribution is -0.141. The third-order valence-corrected chi connectivity index (χ3v) is 4.60. The number of hydrogen-bond acceptors (Lipinski definition) is 4. The highest BCUT2D eigenvalue weighted by atomic mass is 35.5. The van der Waals surface area contributed by atoms with Gasteiger partial charge in [0.25, 0.3) is 5.91 Å². The quantitative estimate of drug-likeness (QED) is 0.855. The van der Waals surface area contributed by atoms with Gasteiger partial charge in [0.15, 0.2) is 0 Å². The Labute approximate surface area is 159 Å². The molecule has 3 rings (SSSR count). The summed E-state index contributed by atoms with van der Waals surface area (Å²) in [5.41, 5.74) is 0.324. The Hall–Kier alpha value is -2.32. The SMILES string of the molecule is CN1CCN(c2ccc(Cl)cc2NC(=O)c2ccc(C(F)(F)F)nc2)CC1. The molecular formula is C18H18ClF3N4O. The van der Waals surface area contributed by atoms with Crippen molar-refractivity contribution in [2.24, 2.45) is 0 Å². The number of hydrogen-bond donors (Lipinski definition) is 1. The molecule has 0 saturated carbocycles. The minimum Gasteiger partial charge on any atom is -0.367 e. The van der Waals surface area contributed by atoms with Crippen LogP contribution in [0.1, 0.15) is 16.1 Å². The molecule has 2 heterocycles. The molecule has 0 spiro atoms. The van der Waals surface area contributed by atoms with Crippen molar-refractivity contribution in [3.05, 3.63) is 52.8 Å². The van der Waals surface area contributed by atoms with E-state index in [0.717, 1.165) is 50.2 Å². The predicted octanol–water partition coefficient (Wildman–Crippen LogP) is 3.76. The van der Waals surface area contributed by atoms with E-state index < -0.39 is 17.8 Å². The van der Waals surface area contributed by atoms with Crippen LogP contribution in [0.15, 0.2) is 36.5 Å². The fourth-order valence-electron chi connectivity index (χ4n) is 2.82. The standard InChI is InChI=1S/C18H18ClF3N4O/c1-25-6-8-26(9-7-25)15-4-3-13(19)10-14(15)24-17(27)12-2-5-16(23-11-12)18(20,21)22/h2-5,10-11H,6-9H2,1H3,(H,24,27). The predicted molar refractivity (Wildman–Crippen MR) is 98.4 cm³/mol. The molecule has 2 aromatic rings. The van der Waals surface area contributed by atoms with Gasteiger partial charge in [-0.3, -0.25) is 9.78 Å². The van der Waals surface area contributed by atoms with Crippen LogP contribution in [0.4, 0.5) is 24.5 Å². The van der Waals surface area contributed by atoms with Gasteiger partial charge in [-0.2, -0.15) is 13.2 Å². The van der Waals surface area contributed by atoms with Crippen molar-refractivity contribution in [2.45, 2.75) is 6.18 Å². The molecular weight excluding hydrogens is 381 g/mol. The average molecular weight is 399 g/mol. The molecule has 144 valence electrons. The smallest absolute Gasteiger partial charge is 0.367 e. The maximum atomic E-state index is 12.6. The Balaban J connectivity index is 1.80. The number of carbonyl (C=O) groups is 1. The molecule has 0 radical (unpaired) electrons. The summed E-state index contributed by atoms with van der Waals surface area (Å²) in [6, 6.07) is 7.09. The van der Waals surface area contributed by atoms with E-state index in [1.807, 2.05) is 13.1 Å². The van der Waals surface area contributed by atoms with E-state index in [0.29, 0.717) is 10.7 Å². The normalized spacial score (nSPS) is 15.7. The summed E-state index contributed by atoms with van der Waals surface area (Å²) in [5.74, 6) is -0.547. The van der Waals surface area contributed by atoms with Crippen molar-refractivity contribution >= 4 is 28.9 Å². The van der Waals surface area contributed by atoms with E-state index >= 15 is 0 Å². The average Bonchev–Trinajstić information content (AvgIpc) is 2.62. The Bertz CT molecular complexity index is 818. The van der Waals surface area contributed by atoms with E-state index in [1.54, 1.807) is 12.1 Å². The summed E-state index contributed by atoms with van der Waals surface area (Å²) < 4.78 is 37.8. The van der Waals surface area contributed by atoms with Gasteiger partial charge < -0.3 is 15.1 Å². The molecule has 1 N–H and O–H groups in total. The molecule has 1 fully saturated rings. The number of rotatable bonds is 3. The van der Waals surface area contributed by atoms with Crippen LogP contribution in [0, 0.1) is 0 Å². The number of nitrogens with one attached hydrogen (secondary N) is 1. The maximum absolute atomic E-state index is 12.6. The summed E-state index contributed by atoms with van der Waals surface area (Å²) in [5, 5.41) is 3.19. The lowest BCUT2D eigenvalue weighted by Gasteiger charge is -2.35. The first-order valence-corrected chi connectivity index (χ1v) is 8.69. The van der Waals surface area contributed by atoms with Crippen molar-refractivity contribution in [1.82, 2.24) is 9.88 Å². The second-order valence-electron chi connectivity index (χ2n) is 6.34. The van der Waals surface area contributed by atoms with Gasteiger partial charge in [0, 0.05) is 37.4 Å². The van der Waals surface area contributed by atoms with E-state index in [-0.39, 0.29) is 5.56 Å². The van der Waals surface area contributed by atoms with E-state index in [1.165, 1.54) is 0 Å². The summed E-state index contributed by atoms with van der Waals surface area (Å²) in [6.07, 6.45) is -3.63. The summed E-state index contributed by atoms with van der Waals surface area (Å²) in [7, 11) is 2.04. The molecule has 1 aliphatic heterocycles. The van der Waals surface area contributed by atoms with Gasteiger partial charge in [-0.15, -0.1) is 0 Å². The number of amides is 1. The number of piperazine rings is 1. The van der Waals surface area contributed by atoms with Gasteiger partial charge >= 0.3 is 6.18 Å². The van der Waals surface area contributed by atoms with E-state index in [2.05, 4.69) is 20.1 Å². The summed E-state index contributed by atoms with van der Waals surface area (Å²) in [4.78, 5) is 20.1. The van der Waals surface area contributed by atoms with Crippen LogP contribution in [0.3, 0.4) is 0 Å². The van der Waals surface area contributed by atoms with Gasteiger partial charge in [-0.05, 0) is 37.4 Å². The topological polar surface area (TPSA) is 48.5 Å². The number of benzene rings is 1. The van der Waals surface area contributed by atoms with Gasteiger partial charge in [0.05, 0.1) is 16.9 Å². The van der Waals surface area contributed by atoms with Crippen LogP contribution in [-0.4, -0.2) is 49.0 Å². The first-order valence-electron chi connectivity index (χ1n) is 8.31. The lowest BCUT2D eigenvalue weighted by atomic mass is 10.2. The van der Waals surface area contributed by atoms with Gasteiger partial charge in [0.1, 0.15) is 5.69 Å². The summed E-state index contributed by atoms with van der Waals surface area (Å²) >= 11 is 6.06.